The van der Waals surface area contributed by atoms with Gasteiger partial charge in [-0.3, -0.25) is 0 Å². The fraction of sp³-hybridized carbons (Fsp3) is 0.273. The van der Waals surface area contributed by atoms with E-state index in [1.54, 1.807) is 23.9 Å². The van der Waals surface area contributed by atoms with E-state index in [0.29, 0.717) is 38.8 Å². The standard InChI is InChI=1S/C11H11Cl2N3OS/c1-2-18-5-9-15-11(17-16-9)7-3-6(12)4-8(13)10(7)14/h3-4H,2,5,14H2,1H3. The first-order valence-electron chi connectivity index (χ1n) is 5.27. The molecule has 0 bridgehead atoms. The van der Waals surface area contributed by atoms with Crippen LogP contribution in [0.5, 0.6) is 0 Å². The van der Waals surface area contributed by atoms with Crippen LogP contribution in [0.4, 0.5) is 5.69 Å². The molecule has 4 nitrogen and oxygen atoms in total. The van der Waals surface area contributed by atoms with Crippen LogP contribution in [-0.4, -0.2) is 15.9 Å². The van der Waals surface area contributed by atoms with Gasteiger partial charge < -0.3 is 10.3 Å². The van der Waals surface area contributed by atoms with Crippen LogP contribution in [0.15, 0.2) is 16.7 Å². The Balaban J connectivity index is 2.34. The maximum absolute atomic E-state index is 5.96. The van der Waals surface area contributed by atoms with E-state index in [-0.39, 0.29) is 0 Å². The van der Waals surface area contributed by atoms with Gasteiger partial charge in [0.05, 0.1) is 22.0 Å². The topological polar surface area (TPSA) is 64.9 Å². The summed E-state index contributed by atoms with van der Waals surface area (Å²) in [5.74, 6) is 2.67. The maximum Gasteiger partial charge on any atom is 0.260 e. The first-order valence-corrected chi connectivity index (χ1v) is 7.18. The highest BCUT2D eigenvalue weighted by Gasteiger charge is 2.14. The van der Waals surface area contributed by atoms with Crippen molar-refractivity contribution in [2.45, 2.75) is 12.7 Å². The van der Waals surface area contributed by atoms with Crippen molar-refractivity contribution in [3.05, 3.63) is 28.0 Å². The maximum atomic E-state index is 5.96. The van der Waals surface area contributed by atoms with Crippen LogP contribution in [0.25, 0.3) is 11.5 Å². The molecule has 0 aliphatic rings. The van der Waals surface area contributed by atoms with Crippen molar-refractivity contribution >= 4 is 40.7 Å². The Bertz CT molecular complexity index is 559. The summed E-state index contributed by atoms with van der Waals surface area (Å²) in [5.41, 5.74) is 6.82. The van der Waals surface area contributed by atoms with Gasteiger partial charge in [-0.1, -0.05) is 35.3 Å². The fourth-order valence-corrected chi connectivity index (χ4v) is 2.37. The number of rotatable bonds is 4. The summed E-state index contributed by atoms with van der Waals surface area (Å²) in [7, 11) is 0. The van der Waals surface area contributed by atoms with Crippen LogP contribution in [0.2, 0.25) is 10.0 Å². The van der Waals surface area contributed by atoms with Gasteiger partial charge in [-0.05, 0) is 17.9 Å². The van der Waals surface area contributed by atoms with Crippen molar-refractivity contribution in [3.8, 4) is 11.5 Å². The molecule has 7 heteroatoms. The summed E-state index contributed by atoms with van der Waals surface area (Å²) < 4.78 is 5.17. The Morgan fingerprint density at radius 2 is 2.17 bits per heavy atom. The number of hydrogen-bond acceptors (Lipinski definition) is 5. The Hall–Kier alpha value is -0.910. The van der Waals surface area contributed by atoms with Crippen LogP contribution in [-0.2, 0) is 5.75 Å². The van der Waals surface area contributed by atoms with Crippen molar-refractivity contribution in [2.24, 2.45) is 0 Å². The van der Waals surface area contributed by atoms with Crippen molar-refractivity contribution < 1.29 is 4.52 Å². The van der Waals surface area contributed by atoms with Crippen LogP contribution in [0, 0.1) is 0 Å². The molecular formula is C11H11Cl2N3OS. The number of nitrogens with two attached hydrogens (primary N) is 1. The van der Waals surface area contributed by atoms with Gasteiger partial charge >= 0.3 is 0 Å². The van der Waals surface area contributed by atoms with Gasteiger partial charge in [0.15, 0.2) is 5.82 Å². The van der Waals surface area contributed by atoms with Gasteiger partial charge in [-0.15, -0.1) is 0 Å². The Morgan fingerprint density at radius 1 is 1.39 bits per heavy atom. The van der Waals surface area contributed by atoms with Gasteiger partial charge in [-0.2, -0.15) is 16.7 Å². The molecule has 0 saturated carbocycles. The van der Waals surface area contributed by atoms with Crippen LogP contribution >= 0.6 is 35.0 Å². The first-order chi connectivity index (χ1) is 8.61. The average Bonchev–Trinajstić information content (AvgIpc) is 2.79. The van der Waals surface area contributed by atoms with Crippen molar-refractivity contribution in [1.82, 2.24) is 10.1 Å². The predicted molar refractivity (Wildman–Crippen MR) is 76.0 cm³/mol. The van der Waals surface area contributed by atoms with Crippen molar-refractivity contribution in [2.75, 3.05) is 11.5 Å². The summed E-state index contributed by atoms with van der Waals surface area (Å²) >= 11 is 13.6. The number of nitrogen functional groups attached to an aromatic ring is 1. The number of benzene rings is 1. The SMILES string of the molecule is CCSCc1noc(-c2cc(Cl)cc(Cl)c2N)n1. The number of anilines is 1. The molecule has 2 rings (SSSR count). The van der Waals surface area contributed by atoms with Gasteiger partial charge in [0.25, 0.3) is 5.89 Å². The van der Waals surface area contributed by atoms with E-state index in [2.05, 4.69) is 17.1 Å². The summed E-state index contributed by atoms with van der Waals surface area (Å²) in [5, 5.41) is 4.74. The second-order valence-corrected chi connectivity index (χ2v) is 5.62. The Labute approximate surface area is 119 Å². The molecule has 1 aromatic heterocycles. The minimum atomic E-state index is 0.337. The molecule has 0 spiro atoms. The normalized spacial score (nSPS) is 10.8. The van der Waals surface area contributed by atoms with Gasteiger partial charge in [-0.25, -0.2) is 0 Å². The smallest absolute Gasteiger partial charge is 0.260 e. The molecule has 0 saturated heterocycles. The highest BCUT2D eigenvalue weighted by molar-refractivity contribution is 7.98. The number of hydrogen-bond donors (Lipinski definition) is 1. The van der Waals surface area contributed by atoms with Crippen molar-refractivity contribution in [3.63, 3.8) is 0 Å². The molecule has 0 atom stereocenters. The molecular weight excluding hydrogens is 293 g/mol. The molecule has 96 valence electrons. The van der Waals surface area contributed by atoms with E-state index in [9.17, 15) is 0 Å². The average molecular weight is 304 g/mol. The van der Waals surface area contributed by atoms with E-state index in [4.69, 9.17) is 33.5 Å². The van der Waals surface area contributed by atoms with E-state index >= 15 is 0 Å². The van der Waals surface area contributed by atoms with E-state index in [1.165, 1.54) is 0 Å². The molecule has 0 radical (unpaired) electrons. The lowest BCUT2D eigenvalue weighted by atomic mass is 10.2. The lowest BCUT2D eigenvalue weighted by Gasteiger charge is -2.03. The quantitative estimate of drug-likeness (QED) is 0.868. The first kappa shape index (κ1) is 13.5. The molecule has 18 heavy (non-hydrogen) atoms. The molecule has 0 aliphatic carbocycles. The largest absolute Gasteiger partial charge is 0.397 e. The third-order valence-corrected chi connectivity index (χ3v) is 3.63. The highest BCUT2D eigenvalue weighted by Crippen LogP contribution is 2.34. The predicted octanol–water partition coefficient (Wildman–Crippen LogP) is 3.88. The zero-order valence-electron chi connectivity index (χ0n) is 9.61. The number of nitrogens with zero attached hydrogens (tertiary/aromatic N) is 2. The minimum Gasteiger partial charge on any atom is -0.397 e. The van der Waals surface area contributed by atoms with Gasteiger partial charge in [0.2, 0.25) is 0 Å². The Kier molecular flexibility index (Phi) is 4.37. The third kappa shape index (κ3) is 2.91. The van der Waals surface area contributed by atoms with Crippen LogP contribution < -0.4 is 5.73 Å². The van der Waals surface area contributed by atoms with E-state index in [1.807, 2.05) is 0 Å². The Morgan fingerprint density at radius 3 is 2.89 bits per heavy atom. The highest BCUT2D eigenvalue weighted by atomic mass is 35.5. The second-order valence-electron chi connectivity index (χ2n) is 3.50. The summed E-state index contributed by atoms with van der Waals surface area (Å²) in [6.45, 7) is 2.07. The van der Waals surface area contributed by atoms with Crippen LogP contribution in [0.3, 0.4) is 0 Å². The number of thioether (sulfide) groups is 1. The van der Waals surface area contributed by atoms with Crippen molar-refractivity contribution in [1.29, 1.82) is 0 Å². The number of aromatic nitrogens is 2. The zero-order valence-corrected chi connectivity index (χ0v) is 11.9. The molecule has 2 aromatic rings. The zero-order chi connectivity index (χ0) is 13.1. The molecule has 0 unspecified atom stereocenters. The summed E-state index contributed by atoms with van der Waals surface area (Å²) in [4.78, 5) is 4.27. The minimum absolute atomic E-state index is 0.337. The lowest BCUT2D eigenvalue weighted by molar-refractivity contribution is 0.425. The fourth-order valence-electron chi connectivity index (χ4n) is 1.38. The van der Waals surface area contributed by atoms with Gasteiger partial charge in [0, 0.05) is 5.02 Å². The molecule has 1 aromatic carbocycles. The molecule has 1 heterocycles. The number of halogens is 2. The summed E-state index contributed by atoms with van der Waals surface area (Å²) in [6.07, 6.45) is 0. The van der Waals surface area contributed by atoms with E-state index < -0.39 is 0 Å². The molecule has 0 fully saturated rings. The second kappa shape index (κ2) is 5.82. The third-order valence-electron chi connectivity index (χ3n) is 2.23. The molecule has 0 aliphatic heterocycles. The van der Waals surface area contributed by atoms with Crippen LogP contribution in [0.1, 0.15) is 12.7 Å². The molecule has 2 N–H and O–H groups in total. The monoisotopic (exact) mass is 303 g/mol. The van der Waals surface area contributed by atoms with Gasteiger partial charge in [0.1, 0.15) is 0 Å². The summed E-state index contributed by atoms with van der Waals surface area (Å²) in [6, 6.07) is 3.24. The lowest BCUT2D eigenvalue weighted by Crippen LogP contribution is -1.92. The van der Waals surface area contributed by atoms with E-state index in [0.717, 1.165) is 5.75 Å². The molecule has 0 amide bonds.